The van der Waals surface area contributed by atoms with Gasteiger partial charge in [-0.2, -0.15) is 0 Å². The molecule has 0 radical (unpaired) electrons. The number of carbonyl (C=O) groups is 1. The minimum absolute atomic E-state index is 0.196. The minimum Gasteiger partial charge on any atom is -0.469 e. The van der Waals surface area contributed by atoms with E-state index in [0.717, 1.165) is 21.7 Å². The molecule has 0 N–H and O–H groups in total. The Labute approximate surface area is 113 Å². The molecule has 0 saturated heterocycles. The smallest absolute Gasteiger partial charge is 0.312 e. The summed E-state index contributed by atoms with van der Waals surface area (Å²) in [4.78, 5) is 15.6. The summed E-state index contributed by atoms with van der Waals surface area (Å²) in [6, 6.07) is 9.75. The van der Waals surface area contributed by atoms with Crippen LogP contribution in [0.15, 0.2) is 40.1 Å². The van der Waals surface area contributed by atoms with Crippen molar-refractivity contribution in [3.8, 4) is 11.5 Å². The van der Waals surface area contributed by atoms with Crippen LogP contribution in [0.25, 0.3) is 22.4 Å². The van der Waals surface area contributed by atoms with Gasteiger partial charge in [-0.3, -0.25) is 4.79 Å². The summed E-state index contributed by atoms with van der Waals surface area (Å²) in [7, 11) is 1.37. The summed E-state index contributed by atoms with van der Waals surface area (Å²) < 4.78 is 10.3. The lowest BCUT2D eigenvalue weighted by molar-refractivity contribution is -0.139. The number of thiazole rings is 1. The second-order valence-electron chi connectivity index (χ2n) is 4.03. The van der Waals surface area contributed by atoms with Gasteiger partial charge in [-0.05, 0) is 12.1 Å². The number of carbonyl (C=O) groups excluding carboxylic acids is 1. The van der Waals surface area contributed by atoms with E-state index in [9.17, 15) is 4.79 Å². The molecular formula is C14H11NO3S. The lowest BCUT2D eigenvalue weighted by Crippen LogP contribution is -2.03. The number of aromatic nitrogens is 1. The molecule has 0 bridgehead atoms. The second-order valence-corrected chi connectivity index (χ2v) is 4.97. The number of fused-ring (bicyclic) bond motifs is 1. The standard InChI is InChI=1S/C14H11NO3S/c1-17-14(16)7-13-15-10(8-19-13)12-6-9-4-2-3-5-11(9)18-12/h2-6,8H,7H2,1H3. The normalized spacial score (nSPS) is 10.8. The van der Waals surface area contributed by atoms with Crippen molar-refractivity contribution in [2.45, 2.75) is 6.42 Å². The lowest BCUT2D eigenvalue weighted by Gasteiger charge is -1.93. The largest absolute Gasteiger partial charge is 0.469 e. The molecule has 0 aliphatic rings. The number of esters is 1. The van der Waals surface area contributed by atoms with Crippen LogP contribution < -0.4 is 0 Å². The fourth-order valence-electron chi connectivity index (χ4n) is 1.81. The van der Waals surface area contributed by atoms with Crippen molar-refractivity contribution in [3.63, 3.8) is 0 Å². The fraction of sp³-hybridized carbons (Fsp3) is 0.143. The van der Waals surface area contributed by atoms with E-state index >= 15 is 0 Å². The van der Waals surface area contributed by atoms with Crippen LogP contribution in [0.3, 0.4) is 0 Å². The zero-order valence-electron chi connectivity index (χ0n) is 10.3. The minimum atomic E-state index is -0.287. The van der Waals surface area contributed by atoms with Gasteiger partial charge in [0.05, 0.1) is 13.5 Å². The molecule has 0 spiro atoms. The number of hydrogen-bond donors (Lipinski definition) is 0. The van der Waals surface area contributed by atoms with Gasteiger partial charge in [0, 0.05) is 10.8 Å². The van der Waals surface area contributed by atoms with E-state index in [1.54, 1.807) is 0 Å². The van der Waals surface area contributed by atoms with Crippen molar-refractivity contribution in [1.82, 2.24) is 4.98 Å². The molecule has 5 heteroatoms. The van der Waals surface area contributed by atoms with Crippen molar-refractivity contribution in [2.24, 2.45) is 0 Å². The summed E-state index contributed by atoms with van der Waals surface area (Å²) in [5.41, 5.74) is 1.58. The Morgan fingerprint density at radius 1 is 1.42 bits per heavy atom. The average Bonchev–Trinajstić information content (AvgIpc) is 3.04. The molecular weight excluding hydrogens is 262 g/mol. The third-order valence-corrected chi connectivity index (χ3v) is 3.60. The molecule has 4 nitrogen and oxygen atoms in total. The zero-order valence-corrected chi connectivity index (χ0v) is 11.1. The monoisotopic (exact) mass is 273 g/mol. The predicted octanol–water partition coefficient (Wildman–Crippen LogP) is 3.27. The van der Waals surface area contributed by atoms with E-state index in [4.69, 9.17) is 4.42 Å². The Balaban J connectivity index is 1.91. The number of methoxy groups -OCH3 is 1. The Morgan fingerprint density at radius 2 is 2.26 bits per heavy atom. The highest BCUT2D eigenvalue weighted by Crippen LogP contribution is 2.28. The van der Waals surface area contributed by atoms with Crippen LogP contribution in [-0.4, -0.2) is 18.1 Å². The summed E-state index contributed by atoms with van der Waals surface area (Å²) >= 11 is 1.43. The summed E-state index contributed by atoms with van der Waals surface area (Å²) in [5.74, 6) is 0.430. The maximum absolute atomic E-state index is 11.2. The number of hydrogen-bond acceptors (Lipinski definition) is 5. The average molecular weight is 273 g/mol. The number of benzene rings is 1. The SMILES string of the molecule is COC(=O)Cc1nc(-c2cc3ccccc3o2)cs1. The summed E-state index contributed by atoms with van der Waals surface area (Å²) in [6.07, 6.45) is 0.196. The van der Waals surface area contributed by atoms with Crippen LogP contribution in [0.2, 0.25) is 0 Å². The first-order valence-electron chi connectivity index (χ1n) is 5.76. The molecule has 0 amide bonds. The Morgan fingerprint density at radius 3 is 3.05 bits per heavy atom. The highest BCUT2D eigenvalue weighted by molar-refractivity contribution is 7.10. The van der Waals surface area contributed by atoms with Gasteiger partial charge in [0.15, 0.2) is 5.76 Å². The number of rotatable bonds is 3. The predicted molar refractivity (Wildman–Crippen MR) is 73.0 cm³/mol. The Bertz CT molecular complexity index is 696. The Kier molecular flexibility index (Phi) is 3.05. The maximum atomic E-state index is 11.2. The summed E-state index contributed by atoms with van der Waals surface area (Å²) in [6.45, 7) is 0. The van der Waals surface area contributed by atoms with Crippen molar-refractivity contribution in [2.75, 3.05) is 7.11 Å². The van der Waals surface area contributed by atoms with E-state index in [0.29, 0.717) is 5.76 Å². The first-order valence-corrected chi connectivity index (χ1v) is 6.64. The third-order valence-electron chi connectivity index (χ3n) is 2.75. The Hall–Kier alpha value is -2.14. The molecule has 96 valence electrons. The molecule has 19 heavy (non-hydrogen) atoms. The molecule has 0 fully saturated rings. The number of furan rings is 1. The number of nitrogens with zero attached hydrogens (tertiary/aromatic N) is 1. The van der Waals surface area contributed by atoms with Gasteiger partial charge in [-0.1, -0.05) is 18.2 Å². The molecule has 0 atom stereocenters. The van der Waals surface area contributed by atoms with Crippen LogP contribution in [0.4, 0.5) is 0 Å². The molecule has 2 aromatic heterocycles. The lowest BCUT2D eigenvalue weighted by atomic mass is 10.2. The first kappa shape index (κ1) is 11.9. The molecule has 3 aromatic rings. The van der Waals surface area contributed by atoms with Gasteiger partial charge < -0.3 is 9.15 Å². The van der Waals surface area contributed by atoms with E-state index in [1.807, 2.05) is 35.7 Å². The molecule has 1 aromatic carbocycles. The molecule has 0 saturated carbocycles. The van der Waals surface area contributed by atoms with Crippen molar-refractivity contribution >= 4 is 28.3 Å². The van der Waals surface area contributed by atoms with E-state index in [1.165, 1.54) is 18.4 Å². The fourth-order valence-corrected chi connectivity index (χ4v) is 2.58. The van der Waals surface area contributed by atoms with E-state index in [2.05, 4.69) is 9.72 Å². The van der Waals surface area contributed by atoms with Gasteiger partial charge in [-0.15, -0.1) is 11.3 Å². The molecule has 0 unspecified atom stereocenters. The van der Waals surface area contributed by atoms with Crippen LogP contribution in [0.5, 0.6) is 0 Å². The van der Waals surface area contributed by atoms with Crippen molar-refractivity contribution < 1.29 is 13.9 Å². The zero-order chi connectivity index (χ0) is 13.2. The molecule has 0 aliphatic heterocycles. The number of para-hydroxylation sites is 1. The molecule has 2 heterocycles. The van der Waals surface area contributed by atoms with Crippen LogP contribution in [-0.2, 0) is 16.0 Å². The van der Waals surface area contributed by atoms with Gasteiger partial charge in [0.25, 0.3) is 0 Å². The first-order chi connectivity index (χ1) is 9.26. The van der Waals surface area contributed by atoms with Crippen molar-refractivity contribution in [1.29, 1.82) is 0 Å². The molecule has 0 aliphatic carbocycles. The van der Waals surface area contributed by atoms with Gasteiger partial charge in [0.1, 0.15) is 16.3 Å². The molecule has 3 rings (SSSR count). The van der Waals surface area contributed by atoms with Crippen LogP contribution in [0.1, 0.15) is 5.01 Å². The van der Waals surface area contributed by atoms with Crippen molar-refractivity contribution in [3.05, 3.63) is 40.7 Å². The van der Waals surface area contributed by atoms with E-state index in [-0.39, 0.29) is 12.4 Å². The van der Waals surface area contributed by atoms with Crippen LogP contribution in [0, 0.1) is 0 Å². The van der Waals surface area contributed by atoms with Crippen LogP contribution >= 0.6 is 11.3 Å². The highest BCUT2D eigenvalue weighted by atomic mass is 32.1. The van der Waals surface area contributed by atoms with Gasteiger partial charge in [-0.25, -0.2) is 4.98 Å². The number of ether oxygens (including phenoxy) is 1. The second kappa shape index (κ2) is 4.85. The van der Waals surface area contributed by atoms with E-state index < -0.39 is 0 Å². The topological polar surface area (TPSA) is 52.3 Å². The quantitative estimate of drug-likeness (QED) is 0.687. The highest BCUT2D eigenvalue weighted by Gasteiger charge is 2.12. The van der Waals surface area contributed by atoms with Gasteiger partial charge in [0.2, 0.25) is 0 Å². The summed E-state index contributed by atoms with van der Waals surface area (Å²) in [5, 5.41) is 3.65. The third kappa shape index (κ3) is 2.37. The maximum Gasteiger partial charge on any atom is 0.312 e. The van der Waals surface area contributed by atoms with Gasteiger partial charge >= 0.3 is 5.97 Å².